The molecule has 1 heterocycles. The predicted octanol–water partition coefficient (Wildman–Crippen LogP) is 4.97. The van der Waals surface area contributed by atoms with Crippen molar-refractivity contribution in [3.63, 3.8) is 0 Å². The van der Waals surface area contributed by atoms with Gasteiger partial charge in [0.25, 0.3) is 10.0 Å². The van der Waals surface area contributed by atoms with Crippen molar-refractivity contribution in [3.05, 3.63) is 41.6 Å². The molecule has 5 nitrogen and oxygen atoms in total. The van der Waals surface area contributed by atoms with Crippen LogP contribution < -0.4 is 0 Å². The summed E-state index contributed by atoms with van der Waals surface area (Å²) in [4.78, 5) is 0.258. The molecule has 0 bridgehead atoms. The van der Waals surface area contributed by atoms with Gasteiger partial charge < -0.3 is 9.53 Å². The molecule has 0 aromatic heterocycles. The zero-order valence-electron chi connectivity index (χ0n) is 19.2. The van der Waals surface area contributed by atoms with Crippen LogP contribution in [-0.4, -0.2) is 44.4 Å². The molecule has 1 aromatic carbocycles. The molecule has 1 N–H and O–H groups in total. The van der Waals surface area contributed by atoms with Gasteiger partial charge in [0.05, 0.1) is 23.2 Å². The maximum atomic E-state index is 13.6. The molecule has 1 aliphatic carbocycles. The quantitative estimate of drug-likeness (QED) is 0.642. The van der Waals surface area contributed by atoms with Gasteiger partial charge in [-0.15, -0.1) is 0 Å². The van der Waals surface area contributed by atoms with E-state index in [4.69, 9.17) is 4.43 Å². The molecule has 0 radical (unpaired) electrons. The van der Waals surface area contributed by atoms with Crippen LogP contribution in [0.1, 0.15) is 58.4 Å². The molecule has 1 saturated carbocycles. The molecular formula is C23H37NO4SSi. The number of benzene rings is 1. The van der Waals surface area contributed by atoms with Crippen LogP contribution >= 0.6 is 0 Å². The zero-order valence-corrected chi connectivity index (χ0v) is 21.1. The number of aryl methyl sites for hydroxylation is 1. The Bertz CT molecular complexity index is 894. The first kappa shape index (κ1) is 23.5. The molecule has 1 fully saturated rings. The maximum Gasteiger partial charge on any atom is 0.264 e. The highest BCUT2D eigenvalue weighted by Crippen LogP contribution is 2.43. The SMILES string of the molecule is Cc1ccc(S(=O)(=O)N2C[C@@H](O[Si](C)(C)C(C)(C)C)CC=C2C2(O)CCCC2)cc1. The molecule has 1 aliphatic heterocycles. The average molecular weight is 452 g/mol. The van der Waals surface area contributed by atoms with Crippen molar-refractivity contribution in [3.8, 4) is 0 Å². The second kappa shape index (κ2) is 8.08. The van der Waals surface area contributed by atoms with Crippen LogP contribution in [0.5, 0.6) is 0 Å². The van der Waals surface area contributed by atoms with Gasteiger partial charge in [0.15, 0.2) is 8.32 Å². The van der Waals surface area contributed by atoms with Crippen LogP contribution in [0, 0.1) is 6.92 Å². The summed E-state index contributed by atoms with van der Waals surface area (Å²) < 4.78 is 35.3. The van der Waals surface area contributed by atoms with Crippen molar-refractivity contribution in [2.75, 3.05) is 6.54 Å². The van der Waals surface area contributed by atoms with Gasteiger partial charge in [-0.2, -0.15) is 0 Å². The minimum absolute atomic E-state index is 0.0430. The first-order valence-electron chi connectivity index (χ1n) is 11.0. The first-order valence-corrected chi connectivity index (χ1v) is 15.3. The molecule has 0 unspecified atom stereocenters. The van der Waals surface area contributed by atoms with Gasteiger partial charge in [-0.25, -0.2) is 8.42 Å². The van der Waals surface area contributed by atoms with Gasteiger partial charge in [-0.3, -0.25) is 4.31 Å². The van der Waals surface area contributed by atoms with E-state index in [0.717, 1.165) is 18.4 Å². The summed E-state index contributed by atoms with van der Waals surface area (Å²) in [5, 5.41) is 11.3. The molecule has 2 aliphatic rings. The lowest BCUT2D eigenvalue weighted by Gasteiger charge is -2.44. The minimum atomic E-state index is -3.79. The van der Waals surface area contributed by atoms with Crippen LogP contribution in [0.2, 0.25) is 18.1 Å². The maximum absolute atomic E-state index is 13.6. The van der Waals surface area contributed by atoms with Crippen molar-refractivity contribution < 1.29 is 18.0 Å². The van der Waals surface area contributed by atoms with Crippen LogP contribution in [0.25, 0.3) is 0 Å². The third kappa shape index (κ3) is 4.54. The van der Waals surface area contributed by atoms with E-state index < -0.39 is 23.9 Å². The van der Waals surface area contributed by atoms with Gasteiger partial charge in [-0.05, 0) is 56.5 Å². The lowest BCUT2D eigenvalue weighted by atomic mass is 9.94. The monoisotopic (exact) mass is 451 g/mol. The number of rotatable bonds is 5. The molecule has 7 heteroatoms. The van der Waals surface area contributed by atoms with E-state index in [1.807, 2.05) is 25.1 Å². The summed E-state index contributed by atoms with van der Waals surface area (Å²) in [6.45, 7) is 13.1. The molecular weight excluding hydrogens is 414 g/mol. The number of nitrogens with zero attached hydrogens (tertiary/aromatic N) is 1. The van der Waals surface area contributed by atoms with Crippen LogP contribution in [-0.2, 0) is 14.4 Å². The van der Waals surface area contributed by atoms with E-state index in [1.54, 1.807) is 12.1 Å². The van der Waals surface area contributed by atoms with E-state index in [1.165, 1.54) is 4.31 Å². The van der Waals surface area contributed by atoms with Gasteiger partial charge in [-0.1, -0.05) is 57.4 Å². The summed E-state index contributed by atoms with van der Waals surface area (Å²) in [7, 11) is -5.84. The largest absolute Gasteiger partial charge is 0.412 e. The van der Waals surface area contributed by atoms with E-state index in [0.29, 0.717) is 25.0 Å². The lowest BCUT2D eigenvalue weighted by Crippen LogP contribution is -2.51. The number of hydrogen-bond acceptors (Lipinski definition) is 4. The summed E-state index contributed by atoms with van der Waals surface area (Å²) in [5.74, 6) is 0. The Kier molecular flexibility index (Phi) is 6.33. The van der Waals surface area contributed by atoms with Gasteiger partial charge in [0.2, 0.25) is 0 Å². The lowest BCUT2D eigenvalue weighted by molar-refractivity contribution is 0.0521. The third-order valence-electron chi connectivity index (χ3n) is 7.00. The fourth-order valence-corrected chi connectivity index (χ4v) is 7.04. The summed E-state index contributed by atoms with van der Waals surface area (Å²) in [6, 6.07) is 6.93. The second-order valence-corrected chi connectivity index (χ2v) is 17.0. The van der Waals surface area contributed by atoms with Crippen LogP contribution in [0.4, 0.5) is 0 Å². The van der Waals surface area contributed by atoms with Gasteiger partial charge >= 0.3 is 0 Å². The first-order chi connectivity index (χ1) is 13.8. The fourth-order valence-electron chi connectivity index (χ4n) is 4.08. The van der Waals surface area contributed by atoms with Gasteiger partial charge in [0.1, 0.15) is 5.60 Å². The highest BCUT2D eigenvalue weighted by atomic mass is 32.2. The predicted molar refractivity (Wildman–Crippen MR) is 123 cm³/mol. The van der Waals surface area contributed by atoms with E-state index in [9.17, 15) is 13.5 Å². The van der Waals surface area contributed by atoms with Crippen LogP contribution in [0.15, 0.2) is 40.9 Å². The highest BCUT2D eigenvalue weighted by molar-refractivity contribution is 7.89. The molecule has 168 valence electrons. The molecule has 0 saturated heterocycles. The number of hydrogen-bond donors (Lipinski definition) is 1. The molecule has 3 rings (SSSR count). The van der Waals surface area contributed by atoms with Crippen molar-refractivity contribution in [1.82, 2.24) is 4.31 Å². The molecule has 1 atom stereocenters. The number of sulfonamides is 1. The molecule has 0 amide bonds. The van der Waals surface area contributed by atoms with E-state index in [2.05, 4.69) is 33.9 Å². The normalized spacial score (nSPS) is 22.8. The van der Waals surface area contributed by atoms with Crippen LogP contribution in [0.3, 0.4) is 0 Å². The standard InChI is InChI=1S/C23H37NO4SSi/c1-18-9-12-20(13-10-18)29(26,27)24-17-19(28-30(5,6)22(2,3)4)11-14-21(24)23(25)15-7-8-16-23/h9-10,12-14,19,25H,7-8,11,15-17H2,1-6H3/t19-/m0/s1. The smallest absolute Gasteiger partial charge is 0.264 e. The molecule has 0 spiro atoms. The van der Waals surface area contributed by atoms with Crippen molar-refractivity contribution in [2.24, 2.45) is 0 Å². The Morgan fingerprint density at radius 3 is 2.23 bits per heavy atom. The Morgan fingerprint density at radius 1 is 1.13 bits per heavy atom. The topological polar surface area (TPSA) is 66.8 Å². The van der Waals surface area contributed by atoms with E-state index in [-0.39, 0.29) is 22.6 Å². The molecule has 30 heavy (non-hydrogen) atoms. The Balaban J connectivity index is 1.98. The third-order valence-corrected chi connectivity index (χ3v) is 13.3. The number of aliphatic hydroxyl groups is 1. The Hall–Kier alpha value is -1.15. The summed E-state index contributed by atoms with van der Waals surface area (Å²) in [6.07, 6.45) is 5.37. The minimum Gasteiger partial charge on any atom is -0.412 e. The second-order valence-electron chi connectivity index (χ2n) is 10.4. The Labute approximate surface area is 183 Å². The summed E-state index contributed by atoms with van der Waals surface area (Å²) >= 11 is 0. The molecule has 1 aromatic rings. The zero-order chi connectivity index (χ0) is 22.4. The van der Waals surface area contributed by atoms with Gasteiger partial charge in [0, 0.05) is 0 Å². The van der Waals surface area contributed by atoms with Crippen molar-refractivity contribution in [2.45, 2.75) is 94.5 Å². The van der Waals surface area contributed by atoms with Crippen molar-refractivity contribution >= 4 is 18.3 Å². The highest BCUT2D eigenvalue weighted by Gasteiger charge is 2.46. The summed E-state index contributed by atoms with van der Waals surface area (Å²) in [5.41, 5.74) is 0.479. The van der Waals surface area contributed by atoms with Crippen molar-refractivity contribution in [1.29, 1.82) is 0 Å². The Morgan fingerprint density at radius 2 is 1.70 bits per heavy atom. The van der Waals surface area contributed by atoms with E-state index >= 15 is 0 Å². The average Bonchev–Trinajstić information content (AvgIpc) is 3.08. The fraction of sp³-hybridized carbons (Fsp3) is 0.652.